The SMILES string of the molecule is [Br][Mg][Br].[CH2]C(C1CO[C@H]2[C@@H]1OC[C@H]2Oc1nc2nc(-c3ccc(-c4ccccc4)cc3)c(Cl)cc2n1COCC[Si](C)(C)C)C(C)(C)O. The number of hydrogen-bond acceptors (Lipinski definition) is 7. The molecule has 0 amide bonds. The number of pyridine rings is 1. The second kappa shape index (κ2) is 16.5. The Balaban J connectivity index is 0.00000145. The van der Waals surface area contributed by atoms with E-state index in [1.807, 2.05) is 41.0 Å². The van der Waals surface area contributed by atoms with Crippen LogP contribution < -0.4 is 4.74 Å². The highest BCUT2D eigenvalue weighted by molar-refractivity contribution is 9.47. The first-order valence-electron chi connectivity index (χ1n) is 16.2. The van der Waals surface area contributed by atoms with E-state index in [2.05, 4.69) is 76.6 Å². The average Bonchev–Trinajstić information content (AvgIpc) is 3.73. The number of hydrogen-bond donors (Lipinski definition) is 1. The van der Waals surface area contributed by atoms with Gasteiger partial charge in [0, 0.05) is 26.2 Å². The number of fused-ring (bicyclic) bond motifs is 2. The van der Waals surface area contributed by atoms with E-state index in [1.165, 1.54) is 0 Å². The lowest BCUT2D eigenvalue weighted by Crippen LogP contribution is -2.41. The average molecular weight is 833 g/mol. The van der Waals surface area contributed by atoms with Gasteiger partial charge in [-0.2, -0.15) is 4.98 Å². The van der Waals surface area contributed by atoms with Crippen LogP contribution in [0.4, 0.5) is 0 Å². The normalized spacial score (nSPS) is 21.4. The zero-order valence-electron chi connectivity index (χ0n) is 28.2. The summed E-state index contributed by atoms with van der Waals surface area (Å²) in [5, 5.41) is 11.1. The Hall–Kier alpha value is -1.07. The summed E-state index contributed by atoms with van der Waals surface area (Å²) < 4.78 is 26.9. The van der Waals surface area contributed by atoms with Crippen LogP contribution in [0.2, 0.25) is 30.7 Å². The van der Waals surface area contributed by atoms with Gasteiger partial charge < -0.3 is 24.1 Å². The molecule has 4 heterocycles. The molecule has 6 rings (SSSR count). The van der Waals surface area contributed by atoms with Gasteiger partial charge in [-0.3, -0.25) is 30.3 Å². The molecule has 1 radical (unpaired) electrons. The lowest BCUT2D eigenvalue weighted by atomic mass is 9.79. The molecule has 2 saturated heterocycles. The van der Waals surface area contributed by atoms with Gasteiger partial charge in [0.1, 0.15) is 12.8 Å². The molecule has 0 bridgehead atoms. The number of imidazole rings is 1. The quantitative estimate of drug-likeness (QED) is 0.120. The first kappa shape index (κ1) is 38.2. The summed E-state index contributed by atoms with van der Waals surface area (Å²) in [6, 6.07) is 21.8. The van der Waals surface area contributed by atoms with Crippen LogP contribution in [0, 0.1) is 18.8 Å². The third-order valence-electron chi connectivity index (χ3n) is 8.87. The standard InChI is InChI=1S/C35H43ClN3O5Si.2BrH.Mg/c1-22(35(2,3)40)26-19-42-32-29(20-43-31(26)32)44-34-38-33-28(39(34)21-41-16-17-45(4,5)6)18-27(36)30(37-33)25-14-12-24(13-15-25)23-10-8-7-9-11-23;;;/h7-15,18,22,26,29,31-32,40H,1,16-17,19-21H2,2-6H3;2*1H;/q;;;+2/p-2/t22?,26?,29-,31-,32-;;;/m1.../s1. The van der Waals surface area contributed by atoms with Gasteiger partial charge >= 0.3 is 22.0 Å². The molecule has 5 atom stereocenters. The molecule has 0 aliphatic carbocycles. The zero-order chi connectivity index (χ0) is 34.6. The van der Waals surface area contributed by atoms with Gasteiger partial charge in [-0.15, -0.1) is 0 Å². The van der Waals surface area contributed by atoms with Crippen LogP contribution in [0.5, 0.6) is 6.01 Å². The molecular weight excluding hydrogens is 790 g/mol. The van der Waals surface area contributed by atoms with Gasteiger partial charge in [-0.05, 0) is 49.9 Å². The maximum absolute atomic E-state index is 10.6. The van der Waals surface area contributed by atoms with Crippen LogP contribution in [0.15, 0.2) is 60.7 Å². The molecule has 13 heteroatoms. The molecule has 4 aromatic rings. The van der Waals surface area contributed by atoms with Crippen molar-refractivity contribution in [1.82, 2.24) is 14.5 Å². The van der Waals surface area contributed by atoms with E-state index in [0.717, 1.165) is 28.3 Å². The third kappa shape index (κ3) is 9.23. The van der Waals surface area contributed by atoms with E-state index in [4.69, 9.17) is 40.5 Å². The van der Waals surface area contributed by atoms with E-state index in [0.29, 0.717) is 42.2 Å². The summed E-state index contributed by atoms with van der Waals surface area (Å²) in [5.74, 6) is -0.286. The number of benzene rings is 2. The fourth-order valence-corrected chi connectivity index (χ4v) is 7.02. The first-order valence-corrected chi connectivity index (χ1v) is 28.1. The molecule has 48 heavy (non-hydrogen) atoms. The highest BCUT2D eigenvalue weighted by Gasteiger charge is 2.52. The van der Waals surface area contributed by atoms with Crippen molar-refractivity contribution in [3.8, 4) is 28.4 Å². The molecule has 255 valence electrons. The van der Waals surface area contributed by atoms with Gasteiger partial charge in [-0.1, -0.05) is 85.8 Å². The van der Waals surface area contributed by atoms with Crippen LogP contribution in [-0.4, -0.2) is 87.5 Å². The Morgan fingerprint density at radius 3 is 2.29 bits per heavy atom. The van der Waals surface area contributed by atoms with Crippen LogP contribution in [-0.2, 0) is 20.9 Å². The summed E-state index contributed by atoms with van der Waals surface area (Å²) >= 11 is 13.3. The highest BCUT2D eigenvalue weighted by atomic mass is 79.9. The minimum absolute atomic E-state index is 0.0383. The minimum Gasteiger partial charge on any atom is -0.456 e. The molecule has 0 spiro atoms. The van der Waals surface area contributed by atoms with Gasteiger partial charge in [0.2, 0.25) is 0 Å². The maximum Gasteiger partial charge on any atom is 0.560 e. The number of halogens is 3. The van der Waals surface area contributed by atoms with Crippen LogP contribution in [0.3, 0.4) is 0 Å². The molecular formula is C35H43Br2ClMgN3O5Si. The van der Waals surface area contributed by atoms with Crippen molar-refractivity contribution in [1.29, 1.82) is 0 Å². The molecule has 0 saturated carbocycles. The summed E-state index contributed by atoms with van der Waals surface area (Å²) in [5.41, 5.74) is 4.12. The Morgan fingerprint density at radius 2 is 1.65 bits per heavy atom. The van der Waals surface area contributed by atoms with Crippen molar-refractivity contribution in [2.24, 2.45) is 11.8 Å². The lowest BCUT2D eigenvalue weighted by Gasteiger charge is -2.32. The maximum atomic E-state index is 10.6. The Bertz CT molecular complexity index is 1650. The van der Waals surface area contributed by atoms with Gasteiger partial charge in [-0.25, -0.2) is 4.98 Å². The van der Waals surface area contributed by atoms with Crippen LogP contribution in [0.1, 0.15) is 13.8 Å². The fourth-order valence-electron chi connectivity index (χ4n) is 6.01. The van der Waals surface area contributed by atoms with Crippen molar-refractivity contribution >= 4 is 72.6 Å². The number of ether oxygens (including phenoxy) is 4. The molecule has 2 aliphatic rings. The van der Waals surface area contributed by atoms with E-state index in [1.54, 1.807) is 13.8 Å². The number of nitrogens with zero attached hydrogens (tertiary/aromatic N) is 3. The number of rotatable bonds is 11. The second-order valence-electron chi connectivity index (χ2n) is 14.1. The van der Waals surface area contributed by atoms with Crippen molar-refractivity contribution in [2.45, 2.75) is 70.2 Å². The van der Waals surface area contributed by atoms with Crippen molar-refractivity contribution in [3.05, 3.63) is 72.6 Å². The van der Waals surface area contributed by atoms with Crippen LogP contribution >= 0.6 is 37.4 Å². The summed E-state index contributed by atoms with van der Waals surface area (Å²) in [4.78, 5) is 9.75. The van der Waals surface area contributed by atoms with Crippen molar-refractivity contribution in [3.63, 3.8) is 0 Å². The molecule has 2 unspecified atom stereocenters. The summed E-state index contributed by atoms with van der Waals surface area (Å²) in [7, 11) is -1.27. The zero-order valence-corrected chi connectivity index (χ0v) is 34.5. The van der Waals surface area contributed by atoms with Gasteiger partial charge in [0.05, 0.1) is 41.2 Å². The molecule has 8 nitrogen and oxygen atoms in total. The van der Waals surface area contributed by atoms with Gasteiger partial charge in [0.25, 0.3) is 0 Å². The van der Waals surface area contributed by atoms with E-state index >= 15 is 0 Å². The topological polar surface area (TPSA) is 87.9 Å². The predicted molar refractivity (Wildman–Crippen MR) is 204 cm³/mol. The van der Waals surface area contributed by atoms with E-state index < -0.39 is 13.7 Å². The monoisotopic (exact) mass is 830 g/mol. The summed E-state index contributed by atoms with van der Waals surface area (Å²) in [6.07, 6.45) is -0.891. The van der Waals surface area contributed by atoms with Gasteiger partial charge in [0.15, 0.2) is 11.8 Å². The molecule has 2 aliphatic heterocycles. The Labute approximate surface area is 311 Å². The second-order valence-corrected chi connectivity index (χ2v) is 28.2. The lowest BCUT2D eigenvalue weighted by molar-refractivity contribution is -0.0273. The van der Waals surface area contributed by atoms with E-state index in [-0.39, 0.29) is 52.9 Å². The Morgan fingerprint density at radius 1 is 1.02 bits per heavy atom. The molecule has 2 fully saturated rings. The number of aliphatic hydroxyl groups is 1. The highest BCUT2D eigenvalue weighted by Crippen LogP contribution is 2.40. The molecule has 2 aromatic heterocycles. The fraction of sp³-hybridized carbons (Fsp3) is 0.457. The number of aromatic nitrogens is 3. The van der Waals surface area contributed by atoms with Crippen molar-refractivity contribution in [2.75, 3.05) is 19.8 Å². The smallest absolute Gasteiger partial charge is 0.456 e. The van der Waals surface area contributed by atoms with Crippen LogP contribution in [0.25, 0.3) is 33.5 Å². The first-order chi connectivity index (χ1) is 22.8. The largest absolute Gasteiger partial charge is 0.560 e. The van der Waals surface area contributed by atoms with Crippen molar-refractivity contribution < 1.29 is 24.1 Å². The predicted octanol–water partition coefficient (Wildman–Crippen LogP) is 8.42. The Kier molecular flexibility index (Phi) is 13.1. The molecule has 1 N–H and O–H groups in total. The summed E-state index contributed by atoms with van der Waals surface area (Å²) in [6.45, 7) is 16.4. The van der Waals surface area contributed by atoms with E-state index in [9.17, 15) is 5.11 Å². The minimum atomic E-state index is -1.27. The molecule has 2 aromatic carbocycles. The third-order valence-corrected chi connectivity index (χ3v) is 10.9.